The molecular formula is C15H22FN. The monoisotopic (exact) mass is 235 g/mol. The summed E-state index contributed by atoms with van der Waals surface area (Å²) < 4.78 is 13.3. The highest BCUT2D eigenvalue weighted by molar-refractivity contribution is 5.28. The molecule has 1 aromatic carbocycles. The number of aryl methyl sites for hydroxylation is 1. The Labute approximate surface area is 103 Å². The number of hydrogen-bond acceptors (Lipinski definition) is 1. The van der Waals surface area contributed by atoms with Crippen molar-refractivity contribution in [2.24, 2.45) is 5.41 Å². The smallest absolute Gasteiger partial charge is 0.123 e. The fourth-order valence-corrected chi connectivity index (χ4v) is 3.02. The molecule has 0 bridgehead atoms. The Morgan fingerprint density at radius 1 is 1.47 bits per heavy atom. The van der Waals surface area contributed by atoms with Crippen LogP contribution in [0.5, 0.6) is 0 Å². The van der Waals surface area contributed by atoms with Gasteiger partial charge < -0.3 is 5.32 Å². The molecule has 0 heterocycles. The highest BCUT2D eigenvalue weighted by atomic mass is 19.1. The molecule has 0 radical (unpaired) electrons. The fraction of sp³-hybridized carbons (Fsp3) is 0.600. The van der Waals surface area contributed by atoms with Gasteiger partial charge in [-0.1, -0.05) is 13.0 Å². The van der Waals surface area contributed by atoms with Crippen LogP contribution in [-0.2, 0) is 6.42 Å². The SMILES string of the molecule is CNC1CCC(C)(Cc2cc(F)ccc2C)C1. The lowest BCUT2D eigenvalue weighted by molar-refractivity contribution is 0.323. The van der Waals surface area contributed by atoms with E-state index in [-0.39, 0.29) is 5.82 Å². The van der Waals surface area contributed by atoms with Crippen LogP contribution < -0.4 is 5.32 Å². The summed E-state index contributed by atoms with van der Waals surface area (Å²) in [6, 6.07) is 5.77. The zero-order valence-corrected chi connectivity index (χ0v) is 11.0. The minimum atomic E-state index is -0.114. The lowest BCUT2D eigenvalue weighted by Gasteiger charge is -2.25. The largest absolute Gasteiger partial charge is 0.317 e. The van der Waals surface area contributed by atoms with Crippen molar-refractivity contribution in [3.63, 3.8) is 0 Å². The van der Waals surface area contributed by atoms with Crippen molar-refractivity contribution in [3.8, 4) is 0 Å². The second-order valence-corrected chi connectivity index (χ2v) is 5.79. The molecule has 2 atom stereocenters. The van der Waals surface area contributed by atoms with E-state index in [4.69, 9.17) is 0 Å². The van der Waals surface area contributed by atoms with Crippen LogP contribution in [0.2, 0.25) is 0 Å². The predicted molar refractivity (Wildman–Crippen MR) is 69.6 cm³/mol. The molecule has 0 aliphatic heterocycles. The summed E-state index contributed by atoms with van der Waals surface area (Å²) in [7, 11) is 2.03. The van der Waals surface area contributed by atoms with Gasteiger partial charge in [-0.15, -0.1) is 0 Å². The highest BCUT2D eigenvalue weighted by Gasteiger charge is 2.34. The first-order chi connectivity index (χ1) is 8.02. The summed E-state index contributed by atoms with van der Waals surface area (Å²) in [5.41, 5.74) is 2.71. The van der Waals surface area contributed by atoms with Crippen LogP contribution in [-0.4, -0.2) is 13.1 Å². The molecule has 1 nitrogen and oxygen atoms in total. The molecule has 1 N–H and O–H groups in total. The molecule has 1 aromatic rings. The molecule has 0 amide bonds. The summed E-state index contributed by atoms with van der Waals surface area (Å²) in [5.74, 6) is -0.114. The zero-order valence-electron chi connectivity index (χ0n) is 11.0. The molecule has 0 aromatic heterocycles. The Morgan fingerprint density at radius 2 is 2.24 bits per heavy atom. The van der Waals surface area contributed by atoms with E-state index < -0.39 is 0 Å². The van der Waals surface area contributed by atoms with Gasteiger partial charge in [0.25, 0.3) is 0 Å². The molecular weight excluding hydrogens is 213 g/mol. The van der Waals surface area contributed by atoms with E-state index in [2.05, 4.69) is 19.2 Å². The minimum absolute atomic E-state index is 0.114. The maximum Gasteiger partial charge on any atom is 0.123 e. The Morgan fingerprint density at radius 3 is 2.88 bits per heavy atom. The second-order valence-electron chi connectivity index (χ2n) is 5.79. The van der Waals surface area contributed by atoms with Crippen LogP contribution in [0.15, 0.2) is 18.2 Å². The number of rotatable bonds is 3. The number of halogens is 1. The minimum Gasteiger partial charge on any atom is -0.317 e. The first kappa shape index (κ1) is 12.6. The number of benzene rings is 1. The second kappa shape index (κ2) is 4.77. The van der Waals surface area contributed by atoms with Crippen LogP contribution in [0.4, 0.5) is 4.39 Å². The van der Waals surface area contributed by atoms with Crippen LogP contribution in [0.1, 0.15) is 37.3 Å². The predicted octanol–water partition coefficient (Wildman–Crippen LogP) is 3.45. The molecule has 1 aliphatic rings. The molecule has 2 heteroatoms. The third-order valence-electron chi connectivity index (χ3n) is 4.17. The van der Waals surface area contributed by atoms with E-state index in [1.807, 2.05) is 13.1 Å². The van der Waals surface area contributed by atoms with E-state index in [1.165, 1.54) is 30.4 Å². The van der Waals surface area contributed by atoms with Gasteiger partial charge in [0.2, 0.25) is 0 Å². The van der Waals surface area contributed by atoms with Gasteiger partial charge in [-0.2, -0.15) is 0 Å². The van der Waals surface area contributed by atoms with Gasteiger partial charge in [0.15, 0.2) is 0 Å². The average molecular weight is 235 g/mol. The maximum atomic E-state index is 13.3. The van der Waals surface area contributed by atoms with Gasteiger partial charge in [-0.3, -0.25) is 0 Å². The van der Waals surface area contributed by atoms with E-state index in [0.717, 1.165) is 6.42 Å². The van der Waals surface area contributed by atoms with Crippen molar-refractivity contribution in [2.75, 3.05) is 7.05 Å². The lowest BCUT2D eigenvalue weighted by Crippen LogP contribution is -2.24. The van der Waals surface area contributed by atoms with Crippen molar-refractivity contribution in [3.05, 3.63) is 35.1 Å². The summed E-state index contributed by atoms with van der Waals surface area (Å²) >= 11 is 0. The lowest BCUT2D eigenvalue weighted by atomic mass is 9.81. The molecule has 1 fully saturated rings. The molecule has 1 aliphatic carbocycles. The fourth-order valence-electron chi connectivity index (χ4n) is 3.02. The average Bonchev–Trinajstić information content (AvgIpc) is 2.66. The van der Waals surface area contributed by atoms with Gasteiger partial charge in [0.05, 0.1) is 0 Å². The third-order valence-corrected chi connectivity index (χ3v) is 4.17. The van der Waals surface area contributed by atoms with Crippen LogP contribution >= 0.6 is 0 Å². The topological polar surface area (TPSA) is 12.0 Å². The Hall–Kier alpha value is -0.890. The van der Waals surface area contributed by atoms with Crippen molar-refractivity contribution in [1.29, 1.82) is 0 Å². The third kappa shape index (κ3) is 2.86. The van der Waals surface area contributed by atoms with Gasteiger partial charge in [-0.25, -0.2) is 4.39 Å². The van der Waals surface area contributed by atoms with Crippen LogP contribution in [0.25, 0.3) is 0 Å². The highest BCUT2D eigenvalue weighted by Crippen LogP contribution is 2.41. The first-order valence-electron chi connectivity index (χ1n) is 6.45. The Balaban J connectivity index is 2.13. The van der Waals surface area contributed by atoms with Gasteiger partial charge in [0, 0.05) is 6.04 Å². The van der Waals surface area contributed by atoms with E-state index >= 15 is 0 Å². The van der Waals surface area contributed by atoms with Gasteiger partial charge in [-0.05, 0) is 68.3 Å². The van der Waals surface area contributed by atoms with Crippen molar-refractivity contribution >= 4 is 0 Å². The van der Waals surface area contributed by atoms with Crippen molar-refractivity contribution in [1.82, 2.24) is 5.32 Å². The summed E-state index contributed by atoms with van der Waals surface area (Å²) in [4.78, 5) is 0. The summed E-state index contributed by atoms with van der Waals surface area (Å²) in [6.07, 6.45) is 4.66. The summed E-state index contributed by atoms with van der Waals surface area (Å²) in [5, 5.41) is 3.36. The standard InChI is InChI=1S/C15H22FN/c1-11-4-5-13(16)8-12(11)9-15(2)7-6-14(10-15)17-3/h4-5,8,14,17H,6-7,9-10H2,1-3H3. The normalized spacial score (nSPS) is 28.6. The molecule has 17 heavy (non-hydrogen) atoms. The van der Waals surface area contributed by atoms with E-state index in [0.29, 0.717) is 11.5 Å². The van der Waals surface area contributed by atoms with Crippen molar-refractivity contribution < 1.29 is 4.39 Å². The number of nitrogens with one attached hydrogen (secondary N) is 1. The van der Waals surface area contributed by atoms with E-state index in [1.54, 1.807) is 12.1 Å². The van der Waals surface area contributed by atoms with Crippen LogP contribution in [0, 0.1) is 18.2 Å². The van der Waals surface area contributed by atoms with Gasteiger partial charge in [0.1, 0.15) is 5.82 Å². The Kier molecular flexibility index (Phi) is 3.53. The molecule has 1 saturated carbocycles. The quantitative estimate of drug-likeness (QED) is 0.846. The zero-order chi connectivity index (χ0) is 12.5. The van der Waals surface area contributed by atoms with E-state index in [9.17, 15) is 4.39 Å². The molecule has 94 valence electrons. The summed E-state index contributed by atoms with van der Waals surface area (Å²) in [6.45, 7) is 4.40. The molecule has 0 spiro atoms. The maximum absolute atomic E-state index is 13.3. The molecule has 0 saturated heterocycles. The number of hydrogen-bond donors (Lipinski definition) is 1. The first-order valence-corrected chi connectivity index (χ1v) is 6.45. The molecule has 2 rings (SSSR count). The molecule has 2 unspecified atom stereocenters. The van der Waals surface area contributed by atoms with Crippen LogP contribution in [0.3, 0.4) is 0 Å². The van der Waals surface area contributed by atoms with Crippen molar-refractivity contribution in [2.45, 2.75) is 45.6 Å². The Bertz CT molecular complexity index is 402. The van der Waals surface area contributed by atoms with Gasteiger partial charge >= 0.3 is 0 Å².